The Bertz CT molecular complexity index is 1110. The Morgan fingerprint density at radius 2 is 1.67 bits per heavy atom. The summed E-state index contributed by atoms with van der Waals surface area (Å²) in [5.41, 5.74) is 6.07. The van der Waals surface area contributed by atoms with Crippen LogP contribution in [0.3, 0.4) is 0 Å². The lowest BCUT2D eigenvalue weighted by molar-refractivity contribution is 0.739. The standard InChI is InChI=1S/C23H24N4/c1-16(2)19-6-4-15-27-21(19)24-25-22(27)23(12-13-23)18-10-8-17(9-11-18)20-7-5-14-26(20)3/h4-11,14-16H,12-13H2,1-3H3. The molecule has 4 heteroatoms. The zero-order valence-electron chi connectivity index (χ0n) is 16.1. The minimum absolute atomic E-state index is 0.00174. The molecule has 4 aromatic rings. The lowest BCUT2D eigenvalue weighted by Crippen LogP contribution is -2.13. The Hall–Kier alpha value is -2.88. The second kappa shape index (κ2) is 5.81. The van der Waals surface area contributed by atoms with Crippen molar-refractivity contribution in [1.82, 2.24) is 19.2 Å². The lowest BCUT2D eigenvalue weighted by atomic mass is 9.93. The Labute approximate surface area is 159 Å². The summed E-state index contributed by atoms with van der Waals surface area (Å²) in [5.74, 6) is 1.51. The van der Waals surface area contributed by atoms with Gasteiger partial charge in [0.1, 0.15) is 5.82 Å². The third-order valence-electron chi connectivity index (χ3n) is 5.94. The molecule has 0 radical (unpaired) electrons. The van der Waals surface area contributed by atoms with Crippen LogP contribution in [0.4, 0.5) is 0 Å². The first-order chi connectivity index (χ1) is 13.1. The fraction of sp³-hybridized carbons (Fsp3) is 0.304. The highest BCUT2D eigenvalue weighted by atomic mass is 15.3. The highest BCUT2D eigenvalue weighted by molar-refractivity contribution is 5.61. The van der Waals surface area contributed by atoms with Crippen LogP contribution in [0, 0.1) is 0 Å². The summed E-state index contributed by atoms with van der Waals surface area (Å²) >= 11 is 0. The average Bonchev–Trinajstić information content (AvgIpc) is 3.17. The maximum absolute atomic E-state index is 4.64. The van der Waals surface area contributed by atoms with Crippen molar-refractivity contribution < 1.29 is 0 Å². The predicted molar refractivity (Wildman–Crippen MR) is 108 cm³/mol. The van der Waals surface area contributed by atoms with E-state index in [0.717, 1.165) is 24.3 Å². The quantitative estimate of drug-likeness (QED) is 0.519. The van der Waals surface area contributed by atoms with Crippen molar-refractivity contribution in [3.05, 3.63) is 77.9 Å². The van der Waals surface area contributed by atoms with Crippen molar-refractivity contribution in [1.29, 1.82) is 0 Å². The first kappa shape index (κ1) is 16.3. The normalized spacial score (nSPS) is 15.6. The molecule has 1 saturated carbocycles. The van der Waals surface area contributed by atoms with Crippen molar-refractivity contribution in [2.24, 2.45) is 7.05 Å². The zero-order chi connectivity index (χ0) is 18.6. The van der Waals surface area contributed by atoms with Gasteiger partial charge in [0.05, 0.1) is 5.41 Å². The van der Waals surface area contributed by atoms with E-state index >= 15 is 0 Å². The molecule has 4 nitrogen and oxygen atoms in total. The van der Waals surface area contributed by atoms with E-state index in [-0.39, 0.29) is 5.41 Å². The molecule has 0 spiro atoms. The minimum atomic E-state index is 0.00174. The molecule has 0 bridgehead atoms. The van der Waals surface area contributed by atoms with Gasteiger partial charge in [-0.2, -0.15) is 0 Å². The number of aromatic nitrogens is 4. The first-order valence-electron chi connectivity index (χ1n) is 9.66. The number of rotatable bonds is 4. The molecule has 0 N–H and O–H groups in total. The minimum Gasteiger partial charge on any atom is -0.351 e. The number of benzene rings is 1. The van der Waals surface area contributed by atoms with Gasteiger partial charge in [0.15, 0.2) is 5.65 Å². The van der Waals surface area contributed by atoms with Crippen LogP contribution in [0.15, 0.2) is 60.9 Å². The molecule has 0 saturated heterocycles. The van der Waals surface area contributed by atoms with E-state index in [9.17, 15) is 0 Å². The molecule has 27 heavy (non-hydrogen) atoms. The molecule has 1 aromatic carbocycles. The summed E-state index contributed by atoms with van der Waals surface area (Å²) in [6.45, 7) is 4.41. The third-order valence-corrected chi connectivity index (χ3v) is 5.94. The highest BCUT2D eigenvalue weighted by Gasteiger charge is 2.49. The van der Waals surface area contributed by atoms with Crippen molar-refractivity contribution in [3.8, 4) is 11.3 Å². The predicted octanol–water partition coefficient (Wildman–Crippen LogP) is 4.94. The zero-order valence-corrected chi connectivity index (χ0v) is 16.1. The fourth-order valence-electron chi connectivity index (χ4n) is 4.20. The summed E-state index contributed by atoms with van der Waals surface area (Å²) in [4.78, 5) is 0. The molecule has 1 aliphatic rings. The highest BCUT2D eigenvalue weighted by Crippen LogP contribution is 2.53. The van der Waals surface area contributed by atoms with Crippen LogP contribution in [0.25, 0.3) is 16.9 Å². The first-order valence-corrected chi connectivity index (χ1v) is 9.66. The second-order valence-electron chi connectivity index (χ2n) is 8.00. The number of fused-ring (bicyclic) bond motifs is 1. The van der Waals surface area contributed by atoms with E-state index in [1.165, 1.54) is 22.4 Å². The number of nitrogens with zero attached hydrogens (tertiary/aromatic N) is 4. The monoisotopic (exact) mass is 356 g/mol. The number of hydrogen-bond acceptors (Lipinski definition) is 2. The van der Waals surface area contributed by atoms with Gasteiger partial charge in [-0.25, -0.2) is 0 Å². The Morgan fingerprint density at radius 1 is 0.926 bits per heavy atom. The van der Waals surface area contributed by atoms with Gasteiger partial charge in [0.25, 0.3) is 0 Å². The maximum atomic E-state index is 4.64. The van der Waals surface area contributed by atoms with E-state index in [1.807, 2.05) is 0 Å². The van der Waals surface area contributed by atoms with E-state index < -0.39 is 0 Å². The molecule has 3 aromatic heterocycles. The largest absolute Gasteiger partial charge is 0.351 e. The molecule has 3 heterocycles. The molecule has 1 fully saturated rings. The summed E-state index contributed by atoms with van der Waals surface area (Å²) in [7, 11) is 2.08. The average molecular weight is 356 g/mol. The van der Waals surface area contributed by atoms with E-state index in [1.54, 1.807) is 0 Å². The Morgan fingerprint density at radius 3 is 2.30 bits per heavy atom. The van der Waals surface area contributed by atoms with Gasteiger partial charge in [-0.15, -0.1) is 10.2 Å². The lowest BCUT2D eigenvalue weighted by Gasteiger charge is -2.15. The van der Waals surface area contributed by atoms with Crippen LogP contribution in [-0.2, 0) is 12.5 Å². The van der Waals surface area contributed by atoms with Crippen molar-refractivity contribution >= 4 is 5.65 Å². The summed E-state index contributed by atoms with van der Waals surface area (Å²) < 4.78 is 4.36. The molecular formula is C23H24N4. The number of aryl methyl sites for hydroxylation is 1. The van der Waals surface area contributed by atoms with Crippen molar-refractivity contribution in [3.63, 3.8) is 0 Å². The molecule has 0 unspecified atom stereocenters. The van der Waals surface area contributed by atoms with Gasteiger partial charge in [0, 0.05) is 25.1 Å². The number of hydrogen-bond donors (Lipinski definition) is 0. The smallest absolute Gasteiger partial charge is 0.164 e. The third kappa shape index (κ3) is 2.43. The van der Waals surface area contributed by atoms with Crippen LogP contribution in [0.5, 0.6) is 0 Å². The van der Waals surface area contributed by atoms with E-state index in [2.05, 4.69) is 101 Å². The maximum Gasteiger partial charge on any atom is 0.164 e. The van der Waals surface area contributed by atoms with Gasteiger partial charge in [0.2, 0.25) is 0 Å². The van der Waals surface area contributed by atoms with Gasteiger partial charge in [-0.1, -0.05) is 44.2 Å². The van der Waals surface area contributed by atoms with E-state index in [4.69, 9.17) is 0 Å². The van der Waals surface area contributed by atoms with Crippen LogP contribution in [-0.4, -0.2) is 19.2 Å². The fourth-order valence-corrected chi connectivity index (χ4v) is 4.20. The Balaban J connectivity index is 1.57. The molecular weight excluding hydrogens is 332 g/mol. The van der Waals surface area contributed by atoms with Gasteiger partial charge in [-0.3, -0.25) is 4.40 Å². The number of pyridine rings is 1. The van der Waals surface area contributed by atoms with Gasteiger partial charge in [-0.05, 0) is 53.6 Å². The SMILES string of the molecule is CC(C)c1cccn2c(C3(c4ccc(-c5cccn5C)cc4)CC3)nnc12. The molecule has 5 rings (SSSR count). The van der Waals surface area contributed by atoms with Crippen LogP contribution in [0.2, 0.25) is 0 Å². The molecule has 136 valence electrons. The molecule has 1 aliphatic carbocycles. The topological polar surface area (TPSA) is 35.1 Å². The van der Waals surface area contributed by atoms with Crippen LogP contribution < -0.4 is 0 Å². The Kier molecular flexibility index (Phi) is 3.51. The van der Waals surface area contributed by atoms with Crippen LogP contribution >= 0.6 is 0 Å². The van der Waals surface area contributed by atoms with Crippen molar-refractivity contribution in [2.75, 3.05) is 0 Å². The van der Waals surface area contributed by atoms with Gasteiger partial charge >= 0.3 is 0 Å². The van der Waals surface area contributed by atoms with Gasteiger partial charge < -0.3 is 4.57 Å². The van der Waals surface area contributed by atoms with E-state index in [0.29, 0.717) is 5.92 Å². The second-order valence-corrected chi connectivity index (χ2v) is 8.00. The van der Waals surface area contributed by atoms with Crippen molar-refractivity contribution in [2.45, 2.75) is 38.0 Å². The molecule has 0 atom stereocenters. The summed E-state index contributed by atoms with van der Waals surface area (Å²) in [6.07, 6.45) is 6.45. The summed E-state index contributed by atoms with van der Waals surface area (Å²) in [5, 5.41) is 9.20. The molecule has 0 aliphatic heterocycles. The van der Waals surface area contributed by atoms with Crippen LogP contribution in [0.1, 0.15) is 49.6 Å². The summed E-state index contributed by atoms with van der Waals surface area (Å²) in [6, 6.07) is 17.5. The molecule has 0 amide bonds.